The number of halogens is 1. The van der Waals surface area contributed by atoms with Gasteiger partial charge in [-0.1, -0.05) is 31.4 Å². The molecule has 114 valence electrons. The van der Waals surface area contributed by atoms with E-state index in [0.717, 1.165) is 12.8 Å². The molecule has 4 N–H and O–H groups in total. The Morgan fingerprint density at radius 2 is 2.19 bits per heavy atom. The molecule has 1 saturated carbocycles. The lowest BCUT2D eigenvalue weighted by Crippen LogP contribution is -2.56. The molecule has 2 rings (SSSR count). The molecule has 21 heavy (non-hydrogen) atoms. The van der Waals surface area contributed by atoms with Crippen LogP contribution in [0.2, 0.25) is 5.02 Å². The van der Waals surface area contributed by atoms with Gasteiger partial charge in [0.05, 0.1) is 10.7 Å². The molecule has 0 aromatic heterocycles. The van der Waals surface area contributed by atoms with E-state index in [-0.39, 0.29) is 10.9 Å². The monoisotopic (exact) mass is 310 g/mol. The van der Waals surface area contributed by atoms with Gasteiger partial charge in [0.2, 0.25) is 0 Å². The first kappa shape index (κ1) is 15.6. The third kappa shape index (κ3) is 3.29. The molecule has 0 aliphatic heterocycles. The summed E-state index contributed by atoms with van der Waals surface area (Å²) in [5, 5.41) is 12.5. The third-order valence-electron chi connectivity index (χ3n) is 4.02. The molecular formula is C15H19ClN2O3. The van der Waals surface area contributed by atoms with Crippen molar-refractivity contribution in [1.82, 2.24) is 5.32 Å². The predicted molar refractivity (Wildman–Crippen MR) is 81.3 cm³/mol. The number of rotatable bonds is 3. The highest BCUT2D eigenvalue weighted by Crippen LogP contribution is 2.33. The van der Waals surface area contributed by atoms with Crippen molar-refractivity contribution < 1.29 is 14.7 Å². The molecule has 0 saturated heterocycles. The predicted octanol–water partition coefficient (Wildman–Crippen LogP) is 2.69. The Morgan fingerprint density at radius 1 is 1.48 bits per heavy atom. The second kappa shape index (κ2) is 5.93. The molecule has 1 aromatic carbocycles. The van der Waals surface area contributed by atoms with Crippen LogP contribution >= 0.6 is 11.6 Å². The van der Waals surface area contributed by atoms with Crippen LogP contribution in [0.4, 0.5) is 5.69 Å². The van der Waals surface area contributed by atoms with E-state index in [0.29, 0.717) is 24.1 Å². The maximum Gasteiger partial charge on any atom is 0.329 e. The summed E-state index contributed by atoms with van der Waals surface area (Å²) < 4.78 is 0. The van der Waals surface area contributed by atoms with Gasteiger partial charge in [0.1, 0.15) is 5.54 Å². The van der Waals surface area contributed by atoms with E-state index in [1.54, 1.807) is 6.07 Å². The molecule has 1 amide bonds. The van der Waals surface area contributed by atoms with Crippen LogP contribution in [-0.2, 0) is 4.79 Å². The first-order valence-corrected chi connectivity index (χ1v) is 7.33. The Hall–Kier alpha value is -1.75. The quantitative estimate of drug-likeness (QED) is 0.748. The first-order chi connectivity index (χ1) is 9.84. The standard InChI is InChI=1S/C15H19ClN2O3/c1-9-3-2-6-15(8-9,14(20)21)18-13(19)10-4-5-12(17)11(16)7-10/h4-5,7,9H,2-3,6,8,17H2,1H3,(H,18,19)(H,20,21). The van der Waals surface area contributed by atoms with Gasteiger partial charge in [-0.2, -0.15) is 0 Å². The lowest BCUT2D eigenvalue weighted by atomic mass is 9.76. The van der Waals surface area contributed by atoms with Crippen molar-refractivity contribution in [3.05, 3.63) is 28.8 Å². The van der Waals surface area contributed by atoms with Crippen LogP contribution in [-0.4, -0.2) is 22.5 Å². The Balaban J connectivity index is 2.22. The van der Waals surface area contributed by atoms with Crippen LogP contribution in [0.5, 0.6) is 0 Å². The van der Waals surface area contributed by atoms with Crippen LogP contribution in [0, 0.1) is 5.92 Å². The van der Waals surface area contributed by atoms with Gasteiger partial charge in [-0.3, -0.25) is 4.79 Å². The summed E-state index contributed by atoms with van der Waals surface area (Å²) >= 11 is 5.90. The minimum Gasteiger partial charge on any atom is -0.480 e. The SMILES string of the molecule is CC1CCCC(NC(=O)c2ccc(N)c(Cl)c2)(C(=O)O)C1. The fraction of sp³-hybridized carbons (Fsp3) is 0.467. The Morgan fingerprint density at radius 3 is 2.76 bits per heavy atom. The van der Waals surface area contributed by atoms with E-state index in [4.69, 9.17) is 17.3 Å². The lowest BCUT2D eigenvalue weighted by molar-refractivity contribution is -0.146. The number of hydrogen-bond acceptors (Lipinski definition) is 3. The number of aliphatic carboxylic acids is 1. The number of carbonyl (C=O) groups excluding carboxylic acids is 1. The van der Waals surface area contributed by atoms with Crippen molar-refractivity contribution in [2.75, 3.05) is 5.73 Å². The van der Waals surface area contributed by atoms with Gasteiger partial charge in [0.15, 0.2) is 0 Å². The van der Waals surface area contributed by atoms with Crippen molar-refractivity contribution in [2.24, 2.45) is 5.92 Å². The van der Waals surface area contributed by atoms with Crippen molar-refractivity contribution in [3.8, 4) is 0 Å². The number of nitrogens with two attached hydrogens (primary N) is 1. The molecule has 1 fully saturated rings. The third-order valence-corrected chi connectivity index (χ3v) is 4.35. The van der Waals surface area contributed by atoms with Crippen LogP contribution in [0.3, 0.4) is 0 Å². The van der Waals surface area contributed by atoms with E-state index in [9.17, 15) is 14.7 Å². The highest BCUT2D eigenvalue weighted by atomic mass is 35.5. The average molecular weight is 311 g/mol. The summed E-state index contributed by atoms with van der Waals surface area (Å²) in [6.07, 6.45) is 2.66. The molecule has 5 nitrogen and oxygen atoms in total. The number of amides is 1. The van der Waals surface area contributed by atoms with Gasteiger partial charge in [-0.15, -0.1) is 0 Å². The van der Waals surface area contributed by atoms with Gasteiger partial charge in [-0.25, -0.2) is 4.79 Å². The number of carbonyl (C=O) groups is 2. The maximum absolute atomic E-state index is 12.3. The number of nitrogen functional groups attached to an aromatic ring is 1. The summed E-state index contributed by atoms with van der Waals surface area (Å²) in [5.41, 5.74) is 5.11. The van der Waals surface area contributed by atoms with E-state index < -0.39 is 17.4 Å². The largest absolute Gasteiger partial charge is 0.480 e. The van der Waals surface area contributed by atoms with E-state index in [2.05, 4.69) is 5.32 Å². The second-order valence-corrected chi connectivity index (χ2v) is 6.19. The molecule has 6 heteroatoms. The van der Waals surface area contributed by atoms with E-state index >= 15 is 0 Å². The topological polar surface area (TPSA) is 92.4 Å². The molecule has 1 aliphatic carbocycles. The zero-order valence-electron chi connectivity index (χ0n) is 11.9. The maximum atomic E-state index is 12.3. The van der Waals surface area contributed by atoms with Gasteiger partial charge in [0, 0.05) is 5.56 Å². The second-order valence-electron chi connectivity index (χ2n) is 5.78. The number of carboxylic acid groups (broad SMARTS) is 1. The number of carboxylic acids is 1. The molecule has 0 bridgehead atoms. The van der Waals surface area contributed by atoms with Gasteiger partial charge in [-0.05, 0) is 37.0 Å². The Kier molecular flexibility index (Phi) is 4.42. The van der Waals surface area contributed by atoms with Gasteiger partial charge in [0.25, 0.3) is 5.91 Å². The number of benzene rings is 1. The van der Waals surface area contributed by atoms with Gasteiger partial charge >= 0.3 is 5.97 Å². The summed E-state index contributed by atoms with van der Waals surface area (Å²) in [4.78, 5) is 24.0. The molecule has 2 atom stereocenters. The minimum atomic E-state index is -1.19. The van der Waals surface area contributed by atoms with Crippen LogP contribution in [0.25, 0.3) is 0 Å². The fourth-order valence-electron chi connectivity index (χ4n) is 2.87. The molecule has 0 spiro atoms. The Labute approximate surface area is 128 Å². The van der Waals surface area contributed by atoms with Crippen LogP contribution in [0.1, 0.15) is 43.0 Å². The molecule has 2 unspecified atom stereocenters. The highest BCUT2D eigenvalue weighted by molar-refractivity contribution is 6.33. The van der Waals surface area contributed by atoms with Crippen molar-refractivity contribution >= 4 is 29.2 Å². The number of nitrogens with one attached hydrogen (secondary N) is 1. The number of hydrogen-bond donors (Lipinski definition) is 3. The fourth-order valence-corrected chi connectivity index (χ4v) is 3.05. The van der Waals surface area contributed by atoms with Crippen LogP contribution < -0.4 is 11.1 Å². The van der Waals surface area contributed by atoms with Crippen LogP contribution in [0.15, 0.2) is 18.2 Å². The molecule has 1 aromatic rings. The zero-order chi connectivity index (χ0) is 15.6. The smallest absolute Gasteiger partial charge is 0.329 e. The van der Waals surface area contributed by atoms with Gasteiger partial charge < -0.3 is 16.2 Å². The van der Waals surface area contributed by atoms with Crippen molar-refractivity contribution in [2.45, 2.75) is 38.1 Å². The summed E-state index contributed by atoms with van der Waals surface area (Å²) in [5.74, 6) is -1.15. The van der Waals surface area contributed by atoms with Crippen molar-refractivity contribution in [1.29, 1.82) is 0 Å². The summed E-state index contributed by atoms with van der Waals surface area (Å²) in [6.45, 7) is 2.00. The molecule has 1 aliphatic rings. The molecular weight excluding hydrogens is 292 g/mol. The average Bonchev–Trinajstić information content (AvgIpc) is 2.41. The van der Waals surface area contributed by atoms with E-state index in [1.807, 2.05) is 6.92 Å². The highest BCUT2D eigenvalue weighted by Gasteiger charge is 2.43. The first-order valence-electron chi connectivity index (χ1n) is 6.95. The normalized spacial score (nSPS) is 25.3. The minimum absolute atomic E-state index is 0.269. The molecule has 0 radical (unpaired) electrons. The summed E-state index contributed by atoms with van der Waals surface area (Å²) in [7, 11) is 0. The lowest BCUT2D eigenvalue weighted by Gasteiger charge is -2.37. The summed E-state index contributed by atoms with van der Waals surface area (Å²) in [6, 6.07) is 4.53. The number of anilines is 1. The van der Waals surface area contributed by atoms with E-state index in [1.165, 1.54) is 12.1 Å². The zero-order valence-corrected chi connectivity index (χ0v) is 12.6. The van der Waals surface area contributed by atoms with Crippen molar-refractivity contribution in [3.63, 3.8) is 0 Å². The molecule has 0 heterocycles. The Bertz CT molecular complexity index is 576.